The summed E-state index contributed by atoms with van der Waals surface area (Å²) in [6.07, 6.45) is -0.0144. The first kappa shape index (κ1) is 18.6. The van der Waals surface area contributed by atoms with E-state index in [1.807, 2.05) is 31.2 Å². The van der Waals surface area contributed by atoms with E-state index in [9.17, 15) is 9.59 Å². The van der Waals surface area contributed by atoms with Gasteiger partial charge >= 0.3 is 6.09 Å². The Balaban J connectivity index is 1.61. The summed E-state index contributed by atoms with van der Waals surface area (Å²) in [7, 11) is 0. The Morgan fingerprint density at radius 3 is 2.86 bits per heavy atom. The van der Waals surface area contributed by atoms with Gasteiger partial charge in [-0.15, -0.1) is 11.3 Å². The van der Waals surface area contributed by atoms with Crippen LogP contribution in [0.15, 0.2) is 24.3 Å². The van der Waals surface area contributed by atoms with E-state index in [2.05, 4.69) is 10.6 Å². The van der Waals surface area contributed by atoms with Gasteiger partial charge in [-0.25, -0.2) is 4.79 Å². The molecule has 7 nitrogen and oxygen atoms in total. The van der Waals surface area contributed by atoms with Crippen molar-refractivity contribution in [2.45, 2.75) is 33.0 Å². The van der Waals surface area contributed by atoms with Crippen molar-refractivity contribution >= 4 is 28.3 Å². The molecule has 0 bridgehead atoms. The van der Waals surface area contributed by atoms with E-state index in [-0.39, 0.29) is 18.2 Å². The largest absolute Gasteiger partial charge is 0.493 e. The van der Waals surface area contributed by atoms with Crippen molar-refractivity contribution < 1.29 is 19.1 Å². The van der Waals surface area contributed by atoms with E-state index >= 15 is 0 Å². The van der Waals surface area contributed by atoms with Crippen LogP contribution < -0.4 is 15.4 Å². The zero-order valence-corrected chi connectivity index (χ0v) is 16.7. The van der Waals surface area contributed by atoms with Crippen LogP contribution >= 0.6 is 11.3 Å². The van der Waals surface area contributed by atoms with Crippen LogP contribution in [-0.2, 0) is 17.7 Å². The summed E-state index contributed by atoms with van der Waals surface area (Å²) >= 11 is 1.54. The highest BCUT2D eigenvalue weighted by Crippen LogP contribution is 2.41. The van der Waals surface area contributed by atoms with Crippen LogP contribution in [0.2, 0.25) is 0 Å². The monoisotopic (exact) mass is 401 g/mol. The lowest BCUT2D eigenvalue weighted by atomic mass is 10.0. The lowest BCUT2D eigenvalue weighted by Gasteiger charge is -2.29. The number of para-hydroxylation sites is 1. The van der Waals surface area contributed by atoms with Gasteiger partial charge in [0.1, 0.15) is 16.9 Å². The predicted octanol–water partition coefficient (Wildman–Crippen LogP) is 3.52. The number of nitrogens with zero attached hydrogens (tertiary/aromatic N) is 1. The molecular formula is C20H23N3O4S. The minimum absolute atomic E-state index is 0.0906. The normalized spacial score (nSPS) is 17.9. The summed E-state index contributed by atoms with van der Waals surface area (Å²) in [6.45, 7) is 5.67. The predicted molar refractivity (Wildman–Crippen MR) is 107 cm³/mol. The van der Waals surface area contributed by atoms with Crippen molar-refractivity contribution in [3.63, 3.8) is 0 Å². The average molecular weight is 401 g/mol. The van der Waals surface area contributed by atoms with Crippen LogP contribution in [0.1, 0.15) is 46.4 Å². The molecule has 2 aliphatic heterocycles. The molecule has 1 aromatic carbocycles. The first-order valence-electron chi connectivity index (χ1n) is 9.47. The topological polar surface area (TPSA) is 79.9 Å². The van der Waals surface area contributed by atoms with Crippen LogP contribution in [0.5, 0.6) is 5.75 Å². The fourth-order valence-corrected chi connectivity index (χ4v) is 4.94. The first-order valence-corrected chi connectivity index (χ1v) is 10.3. The highest BCUT2D eigenvalue weighted by atomic mass is 32.1. The van der Waals surface area contributed by atoms with Gasteiger partial charge in [0.15, 0.2) is 0 Å². The third kappa shape index (κ3) is 3.28. The molecule has 0 unspecified atom stereocenters. The number of carbonyl (C=O) groups is 2. The molecule has 0 saturated heterocycles. The van der Waals surface area contributed by atoms with Gasteiger partial charge in [0.05, 0.1) is 25.3 Å². The van der Waals surface area contributed by atoms with E-state index in [4.69, 9.17) is 9.47 Å². The quantitative estimate of drug-likeness (QED) is 0.820. The summed E-state index contributed by atoms with van der Waals surface area (Å²) < 4.78 is 10.8. The molecule has 0 fully saturated rings. The summed E-state index contributed by atoms with van der Waals surface area (Å²) in [6, 6.07) is 7.69. The van der Waals surface area contributed by atoms with Crippen LogP contribution in [0.3, 0.4) is 0 Å². The third-order valence-electron chi connectivity index (χ3n) is 4.89. The van der Waals surface area contributed by atoms with Crippen LogP contribution in [0.25, 0.3) is 0 Å². The van der Waals surface area contributed by atoms with E-state index in [1.165, 1.54) is 11.3 Å². The SMILES string of the molecule is CCOC(=O)N1CCc2c(sc3c2C(=O)N[C@@H](c2ccccc2OCC)N3)C1. The Hall–Kier alpha value is -2.74. The summed E-state index contributed by atoms with van der Waals surface area (Å²) in [4.78, 5) is 27.7. The maximum atomic E-state index is 12.9. The van der Waals surface area contributed by atoms with Gasteiger partial charge in [-0.05, 0) is 31.9 Å². The molecule has 0 radical (unpaired) electrons. The van der Waals surface area contributed by atoms with Gasteiger partial charge in [0.25, 0.3) is 5.91 Å². The lowest BCUT2D eigenvalue weighted by molar-refractivity contribution is 0.0933. The second-order valence-corrected chi connectivity index (χ2v) is 7.71. The molecule has 2 amide bonds. The van der Waals surface area contributed by atoms with Crippen molar-refractivity contribution in [2.75, 3.05) is 25.1 Å². The van der Waals surface area contributed by atoms with Gasteiger partial charge in [-0.2, -0.15) is 0 Å². The molecule has 2 N–H and O–H groups in total. The maximum absolute atomic E-state index is 12.9. The number of nitrogens with one attached hydrogen (secondary N) is 2. The minimum Gasteiger partial charge on any atom is -0.493 e. The molecule has 1 atom stereocenters. The molecule has 3 heterocycles. The van der Waals surface area contributed by atoms with Crippen LogP contribution in [-0.4, -0.2) is 36.7 Å². The van der Waals surface area contributed by atoms with Gasteiger partial charge < -0.3 is 25.0 Å². The van der Waals surface area contributed by atoms with Crippen molar-refractivity contribution in [2.24, 2.45) is 0 Å². The number of ether oxygens (including phenoxy) is 2. The molecular weight excluding hydrogens is 378 g/mol. The Kier molecular flexibility index (Phi) is 5.13. The van der Waals surface area contributed by atoms with Crippen molar-refractivity contribution in [3.8, 4) is 5.75 Å². The molecule has 148 valence electrons. The average Bonchev–Trinajstić information content (AvgIpc) is 3.07. The standard InChI is InChI=1S/C20H23N3O4S/c1-3-26-14-8-6-5-7-12(14)17-21-18(24)16-13-9-10-23(20(25)27-4-2)11-15(13)28-19(16)22-17/h5-8,17,22H,3-4,9-11H2,1-2H3,(H,21,24)/t17-/m1/s1. The number of fused-ring (bicyclic) bond motifs is 3. The number of amides is 2. The molecule has 28 heavy (non-hydrogen) atoms. The number of hydrogen-bond donors (Lipinski definition) is 2. The minimum atomic E-state index is -0.357. The maximum Gasteiger partial charge on any atom is 0.410 e. The number of rotatable bonds is 4. The molecule has 2 aromatic rings. The van der Waals surface area contributed by atoms with Crippen LogP contribution in [0, 0.1) is 0 Å². The van der Waals surface area contributed by atoms with Gasteiger partial charge in [0, 0.05) is 17.0 Å². The van der Waals surface area contributed by atoms with E-state index < -0.39 is 0 Å². The second kappa shape index (κ2) is 7.71. The Morgan fingerprint density at radius 2 is 2.07 bits per heavy atom. The van der Waals surface area contributed by atoms with Crippen molar-refractivity contribution in [1.29, 1.82) is 0 Å². The number of thiophene rings is 1. The Morgan fingerprint density at radius 1 is 1.25 bits per heavy atom. The first-order chi connectivity index (χ1) is 13.6. The molecule has 8 heteroatoms. The second-order valence-electron chi connectivity index (χ2n) is 6.60. The van der Waals surface area contributed by atoms with E-state index in [0.717, 1.165) is 26.8 Å². The number of benzene rings is 1. The van der Waals surface area contributed by atoms with Gasteiger partial charge in [-0.3, -0.25) is 4.79 Å². The molecule has 1 aromatic heterocycles. The highest BCUT2D eigenvalue weighted by Gasteiger charge is 2.35. The smallest absolute Gasteiger partial charge is 0.410 e. The molecule has 0 spiro atoms. The molecule has 2 aliphatic rings. The highest BCUT2D eigenvalue weighted by molar-refractivity contribution is 7.16. The fraction of sp³-hybridized carbons (Fsp3) is 0.400. The summed E-state index contributed by atoms with van der Waals surface area (Å²) in [5.41, 5.74) is 2.62. The van der Waals surface area contributed by atoms with E-state index in [1.54, 1.807) is 11.8 Å². The van der Waals surface area contributed by atoms with Crippen LogP contribution in [0.4, 0.5) is 9.80 Å². The molecule has 0 aliphatic carbocycles. The molecule has 4 rings (SSSR count). The van der Waals surface area contributed by atoms with E-state index in [0.29, 0.717) is 38.3 Å². The Labute approximate surface area is 167 Å². The summed E-state index contributed by atoms with van der Waals surface area (Å²) in [5, 5.41) is 7.33. The van der Waals surface area contributed by atoms with Crippen molar-refractivity contribution in [3.05, 3.63) is 45.8 Å². The lowest BCUT2D eigenvalue weighted by Crippen LogP contribution is -2.39. The zero-order valence-electron chi connectivity index (χ0n) is 15.9. The molecule has 0 saturated carbocycles. The van der Waals surface area contributed by atoms with Gasteiger partial charge in [-0.1, -0.05) is 18.2 Å². The van der Waals surface area contributed by atoms with Crippen molar-refractivity contribution in [1.82, 2.24) is 10.2 Å². The number of hydrogen-bond acceptors (Lipinski definition) is 6. The number of anilines is 1. The Bertz CT molecular complexity index is 911. The summed E-state index contributed by atoms with van der Waals surface area (Å²) in [5.74, 6) is 0.660. The van der Waals surface area contributed by atoms with Gasteiger partial charge in [0.2, 0.25) is 0 Å². The zero-order chi connectivity index (χ0) is 19.7. The number of carbonyl (C=O) groups excluding carboxylic acids is 2. The fourth-order valence-electron chi connectivity index (χ4n) is 3.65. The third-order valence-corrected chi connectivity index (χ3v) is 6.04.